The Hall–Kier alpha value is -0.860. The van der Waals surface area contributed by atoms with Gasteiger partial charge in [0.1, 0.15) is 0 Å². The Balaban J connectivity index is 1.98. The Morgan fingerprint density at radius 3 is 2.59 bits per heavy atom. The van der Waals surface area contributed by atoms with Crippen LogP contribution in [0.25, 0.3) is 0 Å². The predicted octanol–water partition coefficient (Wildman–Crippen LogP) is 3.11. The first-order valence-corrected chi connectivity index (χ1v) is 6.68. The van der Waals surface area contributed by atoms with E-state index in [0.29, 0.717) is 6.04 Å². The molecule has 0 aromatic heterocycles. The molecular formula is C15H23NO. The van der Waals surface area contributed by atoms with Crippen molar-refractivity contribution >= 4 is 0 Å². The van der Waals surface area contributed by atoms with E-state index in [0.717, 1.165) is 12.1 Å². The van der Waals surface area contributed by atoms with Crippen LogP contribution < -0.4 is 0 Å². The molecule has 1 fully saturated rings. The van der Waals surface area contributed by atoms with Gasteiger partial charge in [-0.1, -0.05) is 30.7 Å². The fourth-order valence-electron chi connectivity index (χ4n) is 2.53. The lowest BCUT2D eigenvalue weighted by Crippen LogP contribution is -2.36. The van der Waals surface area contributed by atoms with Gasteiger partial charge in [-0.15, -0.1) is 0 Å². The molecule has 2 atom stereocenters. The van der Waals surface area contributed by atoms with E-state index in [4.69, 9.17) is 0 Å². The summed E-state index contributed by atoms with van der Waals surface area (Å²) in [6, 6.07) is 9.07. The quantitative estimate of drug-likeness (QED) is 0.867. The Labute approximate surface area is 104 Å². The number of benzene rings is 1. The Bertz CT molecular complexity index is 344. The van der Waals surface area contributed by atoms with Gasteiger partial charge >= 0.3 is 0 Å². The maximum absolute atomic E-state index is 9.47. The van der Waals surface area contributed by atoms with Crippen molar-refractivity contribution in [3.63, 3.8) is 0 Å². The first-order chi connectivity index (χ1) is 8.16. The first kappa shape index (κ1) is 12.6. The third-order valence-corrected chi connectivity index (χ3v) is 3.79. The van der Waals surface area contributed by atoms with Crippen LogP contribution in [0.5, 0.6) is 0 Å². The lowest BCUT2D eigenvalue weighted by molar-refractivity contribution is 0.152. The lowest BCUT2D eigenvalue weighted by atomic mass is 10.0. The van der Waals surface area contributed by atoms with Crippen LogP contribution in [0.4, 0.5) is 0 Å². The second kappa shape index (κ2) is 5.65. The summed E-state index contributed by atoms with van der Waals surface area (Å²) < 4.78 is 0. The van der Waals surface area contributed by atoms with Gasteiger partial charge in [0.15, 0.2) is 0 Å². The lowest BCUT2D eigenvalue weighted by Gasteiger charge is -2.33. The average Bonchev–Trinajstić information content (AvgIpc) is 2.33. The van der Waals surface area contributed by atoms with Gasteiger partial charge in [-0.05, 0) is 44.4 Å². The molecule has 2 nitrogen and oxygen atoms in total. The number of rotatable bonds is 3. The minimum absolute atomic E-state index is 0.363. The van der Waals surface area contributed by atoms with Gasteiger partial charge in [0.05, 0.1) is 6.10 Å². The van der Waals surface area contributed by atoms with Crippen molar-refractivity contribution in [2.45, 2.75) is 51.8 Å². The number of nitrogens with zero attached hydrogens (tertiary/aromatic N) is 1. The minimum Gasteiger partial charge on any atom is -0.389 e. The van der Waals surface area contributed by atoms with Gasteiger partial charge in [-0.2, -0.15) is 0 Å². The fourth-order valence-corrected chi connectivity index (χ4v) is 2.53. The second-order valence-corrected chi connectivity index (χ2v) is 5.23. The zero-order chi connectivity index (χ0) is 12.3. The van der Waals surface area contributed by atoms with Crippen LogP contribution in [0.3, 0.4) is 0 Å². The normalized spacial score (nSPS) is 23.6. The van der Waals surface area contributed by atoms with Crippen LogP contribution in [0.2, 0.25) is 0 Å². The van der Waals surface area contributed by atoms with Crippen molar-refractivity contribution in [2.24, 2.45) is 0 Å². The van der Waals surface area contributed by atoms with Crippen molar-refractivity contribution in [3.05, 3.63) is 35.4 Å². The molecule has 1 aliphatic rings. The molecule has 2 unspecified atom stereocenters. The summed E-state index contributed by atoms with van der Waals surface area (Å²) in [6.45, 7) is 6.39. The molecule has 1 heterocycles. The summed E-state index contributed by atoms with van der Waals surface area (Å²) in [5.41, 5.74) is 2.35. The molecule has 17 heavy (non-hydrogen) atoms. The third kappa shape index (κ3) is 3.30. The van der Waals surface area contributed by atoms with Gasteiger partial charge in [-0.25, -0.2) is 0 Å². The van der Waals surface area contributed by atoms with E-state index in [-0.39, 0.29) is 6.10 Å². The molecule has 0 amide bonds. The van der Waals surface area contributed by atoms with E-state index in [2.05, 4.69) is 24.0 Å². The van der Waals surface area contributed by atoms with Gasteiger partial charge in [0.25, 0.3) is 0 Å². The van der Waals surface area contributed by atoms with Crippen molar-refractivity contribution in [2.75, 3.05) is 6.54 Å². The average molecular weight is 233 g/mol. The van der Waals surface area contributed by atoms with Gasteiger partial charge < -0.3 is 5.11 Å². The van der Waals surface area contributed by atoms with Crippen LogP contribution >= 0.6 is 0 Å². The van der Waals surface area contributed by atoms with Crippen molar-refractivity contribution in [3.8, 4) is 0 Å². The number of aliphatic hydroxyl groups excluding tert-OH is 1. The summed E-state index contributed by atoms with van der Waals surface area (Å²) in [4.78, 5) is 2.56. The molecule has 2 rings (SSSR count). The van der Waals surface area contributed by atoms with E-state index in [9.17, 15) is 5.11 Å². The molecule has 1 aromatic rings. The van der Waals surface area contributed by atoms with Crippen LogP contribution in [-0.4, -0.2) is 22.6 Å². The Kier molecular flexibility index (Phi) is 4.19. The Morgan fingerprint density at radius 2 is 2.00 bits per heavy atom. The molecule has 1 aromatic carbocycles. The molecule has 0 spiro atoms. The topological polar surface area (TPSA) is 23.5 Å². The highest BCUT2D eigenvalue weighted by Crippen LogP contribution is 2.20. The highest BCUT2D eigenvalue weighted by atomic mass is 16.3. The van der Waals surface area contributed by atoms with Crippen molar-refractivity contribution in [1.29, 1.82) is 0 Å². The van der Waals surface area contributed by atoms with E-state index in [1.807, 2.05) is 19.1 Å². The molecule has 1 saturated heterocycles. The molecule has 94 valence electrons. The second-order valence-electron chi connectivity index (χ2n) is 5.23. The third-order valence-electron chi connectivity index (χ3n) is 3.79. The van der Waals surface area contributed by atoms with Crippen LogP contribution in [0.15, 0.2) is 24.3 Å². The summed E-state index contributed by atoms with van der Waals surface area (Å²) in [5, 5.41) is 9.47. The van der Waals surface area contributed by atoms with E-state index < -0.39 is 0 Å². The number of aliphatic hydroxyl groups is 1. The van der Waals surface area contributed by atoms with E-state index in [1.54, 1.807) is 0 Å². The molecule has 0 bridgehead atoms. The highest BCUT2D eigenvalue weighted by molar-refractivity contribution is 5.23. The van der Waals surface area contributed by atoms with Gasteiger partial charge in [0.2, 0.25) is 0 Å². The van der Waals surface area contributed by atoms with Crippen LogP contribution in [0, 0.1) is 0 Å². The van der Waals surface area contributed by atoms with Crippen molar-refractivity contribution < 1.29 is 5.11 Å². The zero-order valence-electron chi connectivity index (χ0n) is 10.9. The summed E-state index contributed by atoms with van der Waals surface area (Å²) in [7, 11) is 0. The molecule has 2 heteroatoms. The predicted molar refractivity (Wildman–Crippen MR) is 70.8 cm³/mol. The summed E-state index contributed by atoms with van der Waals surface area (Å²) in [6.07, 6.45) is 3.67. The standard InChI is InChI=1S/C15H23NO/c1-12-5-3-4-10-16(12)11-14-6-8-15(9-7-14)13(2)17/h6-9,12-13,17H,3-5,10-11H2,1-2H3. The molecule has 0 saturated carbocycles. The largest absolute Gasteiger partial charge is 0.389 e. The van der Waals surface area contributed by atoms with Crippen molar-refractivity contribution in [1.82, 2.24) is 4.90 Å². The molecule has 1 aliphatic heterocycles. The van der Waals surface area contributed by atoms with Crippen LogP contribution in [0.1, 0.15) is 50.3 Å². The first-order valence-electron chi connectivity index (χ1n) is 6.68. The van der Waals surface area contributed by atoms with Crippen LogP contribution in [-0.2, 0) is 6.54 Å². The number of hydrogen-bond donors (Lipinski definition) is 1. The van der Waals surface area contributed by atoms with Gasteiger partial charge in [-0.3, -0.25) is 4.90 Å². The van der Waals surface area contributed by atoms with E-state index >= 15 is 0 Å². The Morgan fingerprint density at radius 1 is 1.29 bits per heavy atom. The number of likely N-dealkylation sites (tertiary alicyclic amines) is 1. The SMILES string of the molecule is CC(O)c1ccc(CN2CCCCC2C)cc1. The maximum Gasteiger partial charge on any atom is 0.0761 e. The number of piperidine rings is 1. The molecule has 0 radical (unpaired) electrons. The molecule has 0 aliphatic carbocycles. The zero-order valence-corrected chi connectivity index (χ0v) is 10.9. The summed E-state index contributed by atoms with van der Waals surface area (Å²) in [5.74, 6) is 0. The smallest absolute Gasteiger partial charge is 0.0761 e. The molecular weight excluding hydrogens is 210 g/mol. The number of hydrogen-bond acceptors (Lipinski definition) is 2. The maximum atomic E-state index is 9.47. The summed E-state index contributed by atoms with van der Waals surface area (Å²) >= 11 is 0. The highest BCUT2D eigenvalue weighted by Gasteiger charge is 2.17. The monoisotopic (exact) mass is 233 g/mol. The molecule has 1 N–H and O–H groups in total. The minimum atomic E-state index is -0.363. The van der Waals surface area contributed by atoms with E-state index in [1.165, 1.54) is 31.4 Å². The fraction of sp³-hybridized carbons (Fsp3) is 0.600. The van der Waals surface area contributed by atoms with Gasteiger partial charge in [0, 0.05) is 12.6 Å².